The van der Waals surface area contributed by atoms with Crippen molar-refractivity contribution in [2.75, 3.05) is 26.2 Å². The van der Waals surface area contributed by atoms with Crippen LogP contribution in [0.2, 0.25) is 0 Å². The number of rotatable bonds is 5. The van der Waals surface area contributed by atoms with E-state index in [1.165, 1.54) is 16.5 Å². The summed E-state index contributed by atoms with van der Waals surface area (Å²) >= 11 is 3.60. The first-order valence-corrected chi connectivity index (χ1v) is 8.41. The number of benzene rings is 1. The number of fused-ring (bicyclic) bond motifs is 1. The Morgan fingerprint density at radius 3 is 2.90 bits per heavy atom. The van der Waals surface area contributed by atoms with Crippen LogP contribution in [-0.4, -0.2) is 36.1 Å². The number of nitrogens with one attached hydrogen (secondary N) is 2. The van der Waals surface area contributed by atoms with Crippen LogP contribution in [0.25, 0.3) is 10.9 Å². The predicted octanol–water partition coefficient (Wildman–Crippen LogP) is 3.84. The molecule has 0 aliphatic carbocycles. The van der Waals surface area contributed by atoms with Gasteiger partial charge in [-0.1, -0.05) is 22.0 Å². The highest BCUT2D eigenvalue weighted by Crippen LogP contribution is 2.33. The standard InChI is InChI=1S/C17H22BrN3/c1-2-3-4-17(21-9-7-19-8-10-21)15-12-20-16-6-5-13(18)11-14(15)16/h2,5-6,11-12,17,19-20H,1,3-4,7-10H2/t17-/m1/s1. The van der Waals surface area contributed by atoms with Crippen molar-refractivity contribution in [2.24, 2.45) is 0 Å². The molecule has 2 aromatic rings. The molecule has 1 aliphatic rings. The highest BCUT2D eigenvalue weighted by atomic mass is 79.9. The van der Waals surface area contributed by atoms with Crippen molar-refractivity contribution < 1.29 is 0 Å². The smallest absolute Gasteiger partial charge is 0.0458 e. The number of nitrogens with zero attached hydrogens (tertiary/aromatic N) is 1. The molecule has 1 aliphatic heterocycles. The summed E-state index contributed by atoms with van der Waals surface area (Å²) in [5.41, 5.74) is 2.63. The SMILES string of the molecule is C=CCC[C@H](c1c[nH]c2ccc(Br)cc12)N1CCNCC1. The van der Waals surface area contributed by atoms with Crippen LogP contribution < -0.4 is 5.32 Å². The van der Waals surface area contributed by atoms with Crippen LogP contribution in [0.1, 0.15) is 24.4 Å². The fourth-order valence-corrected chi connectivity index (χ4v) is 3.56. The first kappa shape index (κ1) is 14.8. The molecule has 3 nitrogen and oxygen atoms in total. The zero-order valence-electron chi connectivity index (χ0n) is 12.2. The average Bonchev–Trinajstić information content (AvgIpc) is 2.92. The Morgan fingerprint density at radius 2 is 2.14 bits per heavy atom. The van der Waals surface area contributed by atoms with E-state index >= 15 is 0 Å². The molecule has 2 N–H and O–H groups in total. The van der Waals surface area contributed by atoms with E-state index in [1.54, 1.807) is 0 Å². The van der Waals surface area contributed by atoms with Gasteiger partial charge in [-0.2, -0.15) is 0 Å². The zero-order chi connectivity index (χ0) is 14.7. The summed E-state index contributed by atoms with van der Waals surface area (Å²) in [5.74, 6) is 0. The molecular weight excluding hydrogens is 326 g/mol. The number of H-pyrrole nitrogens is 1. The maximum Gasteiger partial charge on any atom is 0.0458 e. The third-order valence-electron chi connectivity index (χ3n) is 4.27. The number of aromatic amines is 1. The zero-order valence-corrected chi connectivity index (χ0v) is 13.8. The van der Waals surface area contributed by atoms with E-state index in [0.717, 1.165) is 43.5 Å². The maximum absolute atomic E-state index is 3.89. The Kier molecular flexibility index (Phi) is 4.78. The summed E-state index contributed by atoms with van der Waals surface area (Å²) in [7, 11) is 0. The Morgan fingerprint density at radius 1 is 1.33 bits per heavy atom. The van der Waals surface area contributed by atoms with Gasteiger partial charge >= 0.3 is 0 Å². The summed E-state index contributed by atoms with van der Waals surface area (Å²) in [5, 5.41) is 4.77. The minimum absolute atomic E-state index is 0.466. The molecule has 1 atom stereocenters. The fourth-order valence-electron chi connectivity index (χ4n) is 3.19. The largest absolute Gasteiger partial charge is 0.361 e. The van der Waals surface area contributed by atoms with E-state index in [0.29, 0.717) is 6.04 Å². The normalized spacial score (nSPS) is 18.0. The van der Waals surface area contributed by atoms with Crippen molar-refractivity contribution in [3.63, 3.8) is 0 Å². The van der Waals surface area contributed by atoms with Gasteiger partial charge in [0.15, 0.2) is 0 Å². The molecule has 3 rings (SSSR count). The molecule has 2 heterocycles. The second-order valence-electron chi connectivity index (χ2n) is 5.60. The second-order valence-corrected chi connectivity index (χ2v) is 6.52. The third-order valence-corrected chi connectivity index (χ3v) is 4.76. The van der Waals surface area contributed by atoms with Crippen molar-refractivity contribution in [3.8, 4) is 0 Å². The number of allylic oxidation sites excluding steroid dienone is 1. The molecular formula is C17H22BrN3. The van der Waals surface area contributed by atoms with Crippen LogP contribution in [0.4, 0.5) is 0 Å². The Hall–Kier alpha value is -1.10. The Balaban J connectivity index is 1.96. The van der Waals surface area contributed by atoms with E-state index in [4.69, 9.17) is 0 Å². The molecule has 0 radical (unpaired) electrons. The average molecular weight is 348 g/mol. The lowest BCUT2D eigenvalue weighted by Crippen LogP contribution is -2.45. The lowest BCUT2D eigenvalue weighted by atomic mass is 9.99. The van der Waals surface area contributed by atoms with Gasteiger partial charge in [0, 0.05) is 53.8 Å². The highest BCUT2D eigenvalue weighted by molar-refractivity contribution is 9.10. The van der Waals surface area contributed by atoms with Crippen LogP contribution in [0.15, 0.2) is 41.5 Å². The lowest BCUT2D eigenvalue weighted by Gasteiger charge is -2.35. The van der Waals surface area contributed by atoms with Crippen molar-refractivity contribution in [1.29, 1.82) is 0 Å². The van der Waals surface area contributed by atoms with Crippen LogP contribution in [0, 0.1) is 0 Å². The molecule has 0 saturated carbocycles. The van der Waals surface area contributed by atoms with Crippen molar-refractivity contribution in [3.05, 3.63) is 47.1 Å². The van der Waals surface area contributed by atoms with Crippen LogP contribution in [0.3, 0.4) is 0 Å². The molecule has 21 heavy (non-hydrogen) atoms. The molecule has 0 bridgehead atoms. The molecule has 1 saturated heterocycles. The first-order chi connectivity index (χ1) is 10.3. The Labute approximate surface area is 134 Å². The number of piperazine rings is 1. The molecule has 0 unspecified atom stereocenters. The number of aromatic nitrogens is 1. The van der Waals surface area contributed by atoms with Crippen molar-refractivity contribution in [1.82, 2.24) is 15.2 Å². The molecule has 0 amide bonds. The number of hydrogen-bond donors (Lipinski definition) is 2. The maximum atomic E-state index is 3.89. The van der Waals surface area contributed by atoms with Gasteiger partial charge < -0.3 is 10.3 Å². The number of hydrogen-bond acceptors (Lipinski definition) is 2. The minimum Gasteiger partial charge on any atom is -0.361 e. The third kappa shape index (κ3) is 3.23. The summed E-state index contributed by atoms with van der Waals surface area (Å²) in [6.45, 7) is 8.28. The van der Waals surface area contributed by atoms with Gasteiger partial charge in [-0.05, 0) is 36.6 Å². The molecule has 1 aromatic carbocycles. The van der Waals surface area contributed by atoms with E-state index in [9.17, 15) is 0 Å². The molecule has 0 spiro atoms. The highest BCUT2D eigenvalue weighted by Gasteiger charge is 2.23. The van der Waals surface area contributed by atoms with Gasteiger partial charge in [0.25, 0.3) is 0 Å². The van der Waals surface area contributed by atoms with Crippen molar-refractivity contribution >= 4 is 26.8 Å². The van der Waals surface area contributed by atoms with Gasteiger partial charge in [-0.15, -0.1) is 6.58 Å². The summed E-state index contributed by atoms with van der Waals surface area (Å²) in [4.78, 5) is 6.02. The van der Waals surface area contributed by atoms with Crippen LogP contribution in [0.5, 0.6) is 0 Å². The van der Waals surface area contributed by atoms with E-state index < -0.39 is 0 Å². The molecule has 1 aromatic heterocycles. The number of halogens is 1. The summed E-state index contributed by atoms with van der Waals surface area (Å²) in [6, 6.07) is 6.93. The molecule has 112 valence electrons. The topological polar surface area (TPSA) is 31.1 Å². The quantitative estimate of drug-likeness (QED) is 0.805. The van der Waals surface area contributed by atoms with Gasteiger partial charge in [0.1, 0.15) is 0 Å². The fraction of sp³-hybridized carbons (Fsp3) is 0.412. The Bertz CT molecular complexity index is 614. The minimum atomic E-state index is 0.466. The van der Waals surface area contributed by atoms with Gasteiger partial charge in [-0.25, -0.2) is 0 Å². The van der Waals surface area contributed by atoms with Gasteiger partial charge in [0.2, 0.25) is 0 Å². The van der Waals surface area contributed by atoms with E-state index in [-0.39, 0.29) is 0 Å². The summed E-state index contributed by atoms with van der Waals surface area (Å²) < 4.78 is 1.14. The predicted molar refractivity (Wildman–Crippen MR) is 92.6 cm³/mol. The lowest BCUT2D eigenvalue weighted by molar-refractivity contribution is 0.167. The van der Waals surface area contributed by atoms with E-state index in [2.05, 4.69) is 62.1 Å². The monoisotopic (exact) mass is 347 g/mol. The van der Waals surface area contributed by atoms with Gasteiger partial charge in [-0.3, -0.25) is 4.90 Å². The second kappa shape index (κ2) is 6.77. The van der Waals surface area contributed by atoms with Crippen LogP contribution >= 0.6 is 15.9 Å². The van der Waals surface area contributed by atoms with Gasteiger partial charge in [0.05, 0.1) is 0 Å². The molecule has 1 fully saturated rings. The van der Waals surface area contributed by atoms with Crippen molar-refractivity contribution in [2.45, 2.75) is 18.9 Å². The first-order valence-electron chi connectivity index (χ1n) is 7.62. The summed E-state index contributed by atoms with van der Waals surface area (Å²) in [6.07, 6.45) is 6.39. The molecule has 4 heteroatoms. The van der Waals surface area contributed by atoms with Crippen LogP contribution in [-0.2, 0) is 0 Å². The van der Waals surface area contributed by atoms with E-state index in [1.807, 2.05) is 6.08 Å².